The van der Waals surface area contributed by atoms with Gasteiger partial charge in [-0.1, -0.05) is 11.6 Å². The Morgan fingerprint density at radius 3 is 2.50 bits per heavy atom. The lowest BCUT2D eigenvalue weighted by Crippen LogP contribution is -2.52. The topological polar surface area (TPSA) is 77.3 Å². The van der Waals surface area contributed by atoms with Crippen molar-refractivity contribution in [2.45, 2.75) is 23.9 Å². The highest BCUT2D eigenvalue weighted by atomic mass is 32.2. The predicted molar refractivity (Wildman–Crippen MR) is 142 cm³/mol. The summed E-state index contributed by atoms with van der Waals surface area (Å²) in [5.41, 5.74) is 0.690. The van der Waals surface area contributed by atoms with E-state index in [4.69, 9.17) is 4.74 Å². The molecule has 0 spiro atoms. The normalized spacial score (nSPS) is 19.1. The Labute approximate surface area is 237 Å². The number of aromatic nitrogens is 3. The molecule has 1 saturated heterocycles. The zero-order chi connectivity index (χ0) is 29.7. The minimum atomic E-state index is -4.96. The van der Waals surface area contributed by atoms with E-state index in [2.05, 4.69) is 10.1 Å². The average Bonchev–Trinajstić information content (AvgIpc) is 3.37. The molecule has 13 heteroatoms. The van der Waals surface area contributed by atoms with Crippen LogP contribution in [0.4, 0.5) is 22.0 Å². The van der Waals surface area contributed by atoms with Crippen LogP contribution in [0.3, 0.4) is 0 Å². The molecule has 1 unspecified atom stereocenters. The summed E-state index contributed by atoms with van der Waals surface area (Å²) in [4.78, 5) is 3.62. The van der Waals surface area contributed by atoms with Gasteiger partial charge >= 0.3 is 6.18 Å². The van der Waals surface area contributed by atoms with Gasteiger partial charge in [-0.15, -0.1) is 0 Å². The third-order valence-electron chi connectivity index (χ3n) is 7.61. The van der Waals surface area contributed by atoms with Crippen molar-refractivity contribution < 1.29 is 35.1 Å². The molecule has 4 aromatic rings. The Morgan fingerprint density at radius 1 is 1.02 bits per heavy atom. The molecule has 7 nitrogen and oxygen atoms in total. The van der Waals surface area contributed by atoms with Gasteiger partial charge in [-0.3, -0.25) is 0 Å². The molecule has 1 aliphatic carbocycles. The maximum absolute atomic E-state index is 14.4. The van der Waals surface area contributed by atoms with Gasteiger partial charge in [-0.05, 0) is 73.0 Å². The number of ether oxygens (including phenoxy) is 1. The van der Waals surface area contributed by atoms with Crippen molar-refractivity contribution in [2.24, 2.45) is 5.41 Å². The van der Waals surface area contributed by atoms with Gasteiger partial charge in [0.05, 0.1) is 28.0 Å². The van der Waals surface area contributed by atoms with Gasteiger partial charge in [-0.2, -0.15) is 22.6 Å². The molecule has 1 fully saturated rings. The SMILES string of the molecule is O=S(=O)(c1ccc(C(F)(F)F)c(F)c1)N1CCC2=Cc3c(cnn3-c3ccc(F)cc3)CC2(COc2ccccn2)C1. The number of nitrogens with zero attached hydrogens (tertiary/aromatic N) is 4. The smallest absolute Gasteiger partial charge is 0.419 e. The molecular formula is C29H23F5N4O3S. The number of piperidine rings is 1. The van der Waals surface area contributed by atoms with Crippen LogP contribution in [0.5, 0.6) is 5.88 Å². The quantitative estimate of drug-likeness (QED) is 0.266. The van der Waals surface area contributed by atoms with E-state index in [0.29, 0.717) is 30.1 Å². The maximum atomic E-state index is 14.4. The number of hydrogen-bond acceptors (Lipinski definition) is 5. The summed E-state index contributed by atoms with van der Waals surface area (Å²) in [6, 6.07) is 12.6. The van der Waals surface area contributed by atoms with Crippen LogP contribution in [0.25, 0.3) is 11.8 Å². The van der Waals surface area contributed by atoms with Crippen LogP contribution in [-0.2, 0) is 22.6 Å². The molecule has 0 amide bonds. The molecule has 0 saturated carbocycles. The summed E-state index contributed by atoms with van der Waals surface area (Å²) in [6.07, 6.45) is 0.803. The van der Waals surface area contributed by atoms with Crippen LogP contribution in [-0.4, -0.2) is 47.2 Å². The Morgan fingerprint density at radius 2 is 1.81 bits per heavy atom. The Hall–Kier alpha value is -4.10. The Balaban J connectivity index is 1.36. The second-order valence-electron chi connectivity index (χ2n) is 10.3. The summed E-state index contributed by atoms with van der Waals surface area (Å²) >= 11 is 0. The predicted octanol–water partition coefficient (Wildman–Crippen LogP) is 5.66. The van der Waals surface area contributed by atoms with Crippen LogP contribution in [0.1, 0.15) is 23.2 Å². The van der Waals surface area contributed by atoms with E-state index in [1.807, 2.05) is 6.08 Å². The fourth-order valence-electron chi connectivity index (χ4n) is 5.50. The first-order chi connectivity index (χ1) is 20.0. The molecule has 1 aliphatic heterocycles. The fraction of sp³-hybridized carbons (Fsp3) is 0.241. The minimum absolute atomic E-state index is 0.0160. The second kappa shape index (κ2) is 10.3. The first-order valence-corrected chi connectivity index (χ1v) is 14.3. The van der Waals surface area contributed by atoms with Crippen molar-refractivity contribution in [3.63, 3.8) is 0 Å². The average molecular weight is 603 g/mol. The van der Waals surface area contributed by atoms with Gasteiger partial charge in [0.15, 0.2) is 0 Å². The monoisotopic (exact) mass is 602 g/mol. The number of fused-ring (bicyclic) bond motifs is 2. The van der Waals surface area contributed by atoms with Crippen LogP contribution >= 0.6 is 0 Å². The Kier molecular flexibility index (Phi) is 6.89. The van der Waals surface area contributed by atoms with E-state index in [0.717, 1.165) is 27.2 Å². The number of sulfonamides is 1. The standard InChI is InChI=1S/C29H23F5N4O3S/c30-21-4-6-22(7-5-21)38-26-13-20-10-12-37(42(39,40)23-8-9-24(25(31)14-23)29(32,33)34)17-28(20,15-19(26)16-36-38)18-41-27-3-1-2-11-35-27/h1-9,11,13-14,16H,10,12,15,17-18H2. The molecule has 3 heterocycles. The van der Waals surface area contributed by atoms with Gasteiger partial charge in [0.2, 0.25) is 15.9 Å². The lowest BCUT2D eigenvalue weighted by Gasteiger charge is -2.45. The largest absolute Gasteiger partial charge is 0.477 e. The summed E-state index contributed by atoms with van der Waals surface area (Å²) in [7, 11) is -4.37. The molecule has 2 aliphatic rings. The van der Waals surface area contributed by atoms with Gasteiger partial charge in [0.25, 0.3) is 0 Å². The highest BCUT2D eigenvalue weighted by Crippen LogP contribution is 2.46. The minimum Gasteiger partial charge on any atom is -0.477 e. The molecule has 0 radical (unpaired) electrons. The van der Waals surface area contributed by atoms with Crippen LogP contribution in [0.15, 0.2) is 83.5 Å². The van der Waals surface area contributed by atoms with E-state index in [-0.39, 0.29) is 31.9 Å². The highest BCUT2D eigenvalue weighted by molar-refractivity contribution is 7.89. The van der Waals surface area contributed by atoms with E-state index < -0.39 is 37.9 Å². The van der Waals surface area contributed by atoms with E-state index in [1.54, 1.807) is 47.4 Å². The van der Waals surface area contributed by atoms with E-state index in [9.17, 15) is 30.4 Å². The van der Waals surface area contributed by atoms with Crippen molar-refractivity contribution in [3.8, 4) is 11.6 Å². The van der Waals surface area contributed by atoms with Crippen molar-refractivity contribution in [1.29, 1.82) is 0 Å². The zero-order valence-corrected chi connectivity index (χ0v) is 22.7. The number of alkyl halides is 3. The van der Waals surface area contributed by atoms with Crippen molar-refractivity contribution in [3.05, 3.63) is 107 Å². The molecule has 218 valence electrons. The second-order valence-corrected chi connectivity index (χ2v) is 12.2. The summed E-state index contributed by atoms with van der Waals surface area (Å²) < 4.78 is 103. The Bertz CT molecular complexity index is 1770. The fourth-order valence-corrected chi connectivity index (χ4v) is 7.04. The summed E-state index contributed by atoms with van der Waals surface area (Å²) in [6.45, 7) is -0.00954. The number of halogens is 5. The molecule has 0 bridgehead atoms. The molecule has 0 N–H and O–H groups in total. The van der Waals surface area contributed by atoms with Gasteiger partial charge in [0.1, 0.15) is 18.2 Å². The number of pyridine rings is 1. The lowest BCUT2D eigenvalue weighted by molar-refractivity contribution is -0.140. The highest BCUT2D eigenvalue weighted by Gasteiger charge is 2.47. The lowest BCUT2D eigenvalue weighted by atomic mass is 9.69. The van der Waals surface area contributed by atoms with E-state index >= 15 is 0 Å². The molecule has 2 aromatic carbocycles. The van der Waals surface area contributed by atoms with Gasteiger partial charge in [0, 0.05) is 30.8 Å². The van der Waals surface area contributed by atoms with Crippen molar-refractivity contribution in [2.75, 3.05) is 19.7 Å². The summed E-state index contributed by atoms with van der Waals surface area (Å²) in [5, 5.41) is 4.49. The zero-order valence-electron chi connectivity index (χ0n) is 21.9. The third-order valence-corrected chi connectivity index (χ3v) is 9.45. The van der Waals surface area contributed by atoms with E-state index in [1.165, 1.54) is 12.1 Å². The number of rotatable bonds is 6. The molecular weight excluding hydrogens is 579 g/mol. The maximum Gasteiger partial charge on any atom is 0.419 e. The van der Waals surface area contributed by atoms with Crippen molar-refractivity contribution in [1.82, 2.24) is 19.1 Å². The number of hydrogen-bond donors (Lipinski definition) is 0. The molecule has 1 atom stereocenters. The first kappa shape index (κ1) is 28.0. The van der Waals surface area contributed by atoms with Gasteiger partial charge in [-0.25, -0.2) is 26.9 Å². The summed E-state index contributed by atoms with van der Waals surface area (Å²) in [5.74, 6) is -1.71. The van der Waals surface area contributed by atoms with Crippen LogP contribution < -0.4 is 4.74 Å². The van der Waals surface area contributed by atoms with Crippen molar-refractivity contribution >= 4 is 16.1 Å². The van der Waals surface area contributed by atoms with Crippen LogP contribution in [0, 0.1) is 17.0 Å². The van der Waals surface area contributed by atoms with Crippen LogP contribution in [0.2, 0.25) is 0 Å². The molecule has 2 aromatic heterocycles. The number of benzene rings is 2. The van der Waals surface area contributed by atoms with Gasteiger partial charge < -0.3 is 4.74 Å². The first-order valence-electron chi connectivity index (χ1n) is 12.9. The molecule has 42 heavy (non-hydrogen) atoms. The molecule has 6 rings (SSSR count). The third kappa shape index (κ3) is 5.07.